The van der Waals surface area contributed by atoms with E-state index in [4.69, 9.17) is 4.74 Å². The van der Waals surface area contributed by atoms with Crippen molar-refractivity contribution in [1.82, 2.24) is 0 Å². The summed E-state index contributed by atoms with van der Waals surface area (Å²) in [4.78, 5) is 12.5. The van der Waals surface area contributed by atoms with E-state index in [-0.39, 0.29) is 20.3 Å². The molecule has 0 aliphatic heterocycles. The van der Waals surface area contributed by atoms with Crippen molar-refractivity contribution in [2.75, 3.05) is 0 Å². The Morgan fingerprint density at radius 3 is 1.29 bits per heavy atom. The first-order valence-electron chi connectivity index (χ1n) is 10.6. The zero-order valence-electron chi connectivity index (χ0n) is 19.7. The molecule has 0 heterocycles. The Hall–Kier alpha value is -1.24. The van der Waals surface area contributed by atoms with E-state index in [0.29, 0.717) is 6.92 Å². The number of esters is 1. The van der Waals surface area contributed by atoms with Crippen LogP contribution in [0.3, 0.4) is 0 Å². The van der Waals surface area contributed by atoms with Gasteiger partial charge < -0.3 is 14.9 Å². The second-order valence-electron chi connectivity index (χ2n) is 10.3. The van der Waals surface area contributed by atoms with Crippen LogP contribution in [0, 0.1) is 23.2 Å². The molecule has 0 spiro atoms. The first kappa shape index (κ1) is 30.8. The molecule has 0 bridgehead atoms. The standard InChI is InChI=1S/C21H31F9O4/c1-7-15(2,3)14(31)34-18(6,21(28,29)30)13-9-11(16(4,32)19(22,23)24)8-12(10-13)17(5,33)20(25,26)27/h11-13,32-33H,7-10H2,1-6H3. The maximum atomic E-state index is 14.2. The van der Waals surface area contributed by atoms with E-state index >= 15 is 0 Å². The number of halogens is 9. The lowest BCUT2D eigenvalue weighted by Gasteiger charge is -2.51. The van der Waals surface area contributed by atoms with Crippen LogP contribution in [0.4, 0.5) is 39.5 Å². The van der Waals surface area contributed by atoms with Crippen molar-refractivity contribution < 1.29 is 59.3 Å². The zero-order valence-corrected chi connectivity index (χ0v) is 19.7. The number of carbonyl (C=O) groups excluding carboxylic acids is 1. The van der Waals surface area contributed by atoms with Gasteiger partial charge in [-0.2, -0.15) is 39.5 Å². The van der Waals surface area contributed by atoms with E-state index in [0.717, 1.165) is 0 Å². The number of aliphatic hydroxyl groups is 2. The minimum atomic E-state index is -5.39. The highest BCUT2D eigenvalue weighted by atomic mass is 19.4. The Balaban J connectivity index is 3.65. The van der Waals surface area contributed by atoms with Gasteiger partial charge in [0, 0.05) is 5.92 Å². The molecule has 0 aromatic heterocycles. The third kappa shape index (κ3) is 5.60. The van der Waals surface area contributed by atoms with E-state index in [1.807, 2.05) is 0 Å². The first-order chi connectivity index (χ1) is 14.8. The lowest BCUT2D eigenvalue weighted by atomic mass is 9.61. The van der Waals surface area contributed by atoms with Gasteiger partial charge in [-0.15, -0.1) is 0 Å². The summed E-state index contributed by atoms with van der Waals surface area (Å²) in [5, 5.41) is 20.2. The van der Waals surface area contributed by atoms with Crippen LogP contribution in [0.5, 0.6) is 0 Å². The van der Waals surface area contributed by atoms with Gasteiger partial charge in [-0.25, -0.2) is 0 Å². The lowest BCUT2D eigenvalue weighted by Crippen LogP contribution is -2.61. The van der Waals surface area contributed by atoms with Gasteiger partial charge in [0.1, 0.15) is 0 Å². The maximum absolute atomic E-state index is 14.2. The Labute approximate surface area is 191 Å². The van der Waals surface area contributed by atoms with Crippen molar-refractivity contribution in [2.45, 2.75) is 103 Å². The highest BCUT2D eigenvalue weighted by Gasteiger charge is 2.67. The van der Waals surface area contributed by atoms with Crippen molar-refractivity contribution in [3.63, 3.8) is 0 Å². The molecule has 5 atom stereocenters. The Morgan fingerprint density at radius 1 is 0.706 bits per heavy atom. The maximum Gasteiger partial charge on any atom is 0.428 e. The number of ether oxygens (including phenoxy) is 1. The van der Waals surface area contributed by atoms with Crippen LogP contribution in [-0.2, 0) is 9.53 Å². The van der Waals surface area contributed by atoms with Crippen LogP contribution in [-0.4, -0.2) is 51.5 Å². The summed E-state index contributed by atoms with van der Waals surface area (Å²) in [5.74, 6) is -7.75. The Morgan fingerprint density at radius 2 is 1.03 bits per heavy atom. The molecule has 0 aromatic carbocycles. The minimum Gasteiger partial charge on any atom is -0.449 e. The van der Waals surface area contributed by atoms with Crippen LogP contribution < -0.4 is 0 Å². The van der Waals surface area contributed by atoms with Crippen molar-refractivity contribution in [1.29, 1.82) is 0 Å². The molecule has 1 saturated carbocycles. The highest BCUT2D eigenvalue weighted by Crippen LogP contribution is 2.56. The first-order valence-corrected chi connectivity index (χ1v) is 10.6. The average molecular weight is 518 g/mol. The van der Waals surface area contributed by atoms with Crippen molar-refractivity contribution in [3.8, 4) is 0 Å². The molecule has 0 radical (unpaired) electrons. The van der Waals surface area contributed by atoms with E-state index in [2.05, 4.69) is 0 Å². The summed E-state index contributed by atoms with van der Waals surface area (Å²) in [6, 6.07) is 0. The molecule has 0 aromatic rings. The summed E-state index contributed by atoms with van der Waals surface area (Å²) in [7, 11) is 0. The molecule has 1 aliphatic carbocycles. The monoisotopic (exact) mass is 518 g/mol. The summed E-state index contributed by atoms with van der Waals surface area (Å²) in [5.41, 5.74) is -12.2. The third-order valence-corrected chi connectivity index (χ3v) is 7.53. The van der Waals surface area contributed by atoms with Crippen LogP contribution >= 0.6 is 0 Å². The smallest absolute Gasteiger partial charge is 0.428 e. The van der Waals surface area contributed by atoms with E-state index in [1.54, 1.807) is 0 Å². The van der Waals surface area contributed by atoms with Crippen LogP contribution in [0.15, 0.2) is 0 Å². The second-order valence-corrected chi connectivity index (χ2v) is 10.3. The average Bonchev–Trinajstić information content (AvgIpc) is 2.64. The van der Waals surface area contributed by atoms with Crippen LogP contribution in [0.25, 0.3) is 0 Å². The molecule has 13 heteroatoms. The predicted octanol–water partition coefficient (Wildman–Crippen LogP) is 5.95. The molecular formula is C21H31F9O4. The highest BCUT2D eigenvalue weighted by molar-refractivity contribution is 5.76. The van der Waals surface area contributed by atoms with Gasteiger partial charge in [-0.1, -0.05) is 6.92 Å². The third-order valence-electron chi connectivity index (χ3n) is 7.53. The Kier molecular flexibility index (Phi) is 8.16. The molecule has 1 aliphatic rings. The van der Waals surface area contributed by atoms with Gasteiger partial charge in [0.25, 0.3) is 0 Å². The van der Waals surface area contributed by atoms with Gasteiger partial charge in [0.2, 0.25) is 5.60 Å². The van der Waals surface area contributed by atoms with Crippen molar-refractivity contribution in [2.24, 2.45) is 23.2 Å². The fraction of sp³-hybridized carbons (Fsp3) is 0.952. The quantitative estimate of drug-likeness (QED) is 0.337. The SMILES string of the molecule is CCC(C)(C)C(=O)OC(C)(C1CC(C(C)(O)C(F)(F)F)CC(C(C)(O)C(F)(F)F)C1)C(F)(F)F. The van der Waals surface area contributed by atoms with Crippen LogP contribution in [0.2, 0.25) is 0 Å². The van der Waals surface area contributed by atoms with Gasteiger partial charge in [0.15, 0.2) is 11.2 Å². The molecule has 5 unspecified atom stereocenters. The van der Waals surface area contributed by atoms with Gasteiger partial charge in [0.05, 0.1) is 5.41 Å². The van der Waals surface area contributed by atoms with Crippen molar-refractivity contribution in [3.05, 3.63) is 0 Å². The summed E-state index contributed by atoms with van der Waals surface area (Å²) in [6.07, 6.45) is -19.3. The molecule has 2 N–H and O–H groups in total. The van der Waals surface area contributed by atoms with Gasteiger partial charge in [-0.05, 0) is 72.1 Å². The summed E-state index contributed by atoms with van der Waals surface area (Å²) in [6.45, 7) is 4.96. The summed E-state index contributed by atoms with van der Waals surface area (Å²) >= 11 is 0. The number of hydrogen-bond donors (Lipinski definition) is 2. The number of rotatable bonds is 6. The topological polar surface area (TPSA) is 66.8 Å². The zero-order chi connectivity index (χ0) is 27.3. The lowest BCUT2D eigenvalue weighted by molar-refractivity contribution is -0.318. The van der Waals surface area contributed by atoms with E-state index in [9.17, 15) is 54.5 Å². The fourth-order valence-electron chi connectivity index (χ4n) is 4.00. The van der Waals surface area contributed by atoms with Crippen LogP contribution in [0.1, 0.15) is 67.2 Å². The van der Waals surface area contributed by atoms with Crippen molar-refractivity contribution >= 4 is 5.97 Å². The largest absolute Gasteiger partial charge is 0.449 e. The van der Waals surface area contributed by atoms with E-state index in [1.165, 1.54) is 20.8 Å². The Bertz CT molecular complexity index is 704. The fourth-order valence-corrected chi connectivity index (χ4v) is 4.00. The van der Waals surface area contributed by atoms with Gasteiger partial charge in [-0.3, -0.25) is 4.79 Å². The molecule has 34 heavy (non-hydrogen) atoms. The molecule has 0 amide bonds. The molecule has 202 valence electrons. The second kappa shape index (κ2) is 9.01. The molecule has 0 saturated heterocycles. The molecule has 4 nitrogen and oxygen atoms in total. The minimum absolute atomic E-state index is 0.0429. The number of hydrogen-bond acceptors (Lipinski definition) is 4. The summed E-state index contributed by atoms with van der Waals surface area (Å²) < 4.78 is 128. The number of alkyl halides is 9. The molecule has 1 rings (SSSR count). The van der Waals surface area contributed by atoms with Gasteiger partial charge >= 0.3 is 24.5 Å². The molecule has 1 fully saturated rings. The number of carbonyl (C=O) groups is 1. The predicted molar refractivity (Wildman–Crippen MR) is 102 cm³/mol. The normalized spacial score (nSPS) is 28.4. The molecular weight excluding hydrogens is 487 g/mol. The van der Waals surface area contributed by atoms with E-state index < -0.39 is 83.7 Å².